The van der Waals surface area contributed by atoms with Crippen LogP contribution in [0.3, 0.4) is 0 Å². The van der Waals surface area contributed by atoms with Gasteiger partial charge in [0.1, 0.15) is 6.54 Å². The number of benzene rings is 2. The summed E-state index contributed by atoms with van der Waals surface area (Å²) in [6, 6.07) is 16.0. The van der Waals surface area contributed by atoms with Gasteiger partial charge in [-0.25, -0.2) is 0 Å². The van der Waals surface area contributed by atoms with Gasteiger partial charge in [-0.3, -0.25) is 9.78 Å². The molecule has 0 saturated carbocycles. The van der Waals surface area contributed by atoms with Crippen LogP contribution in [0.2, 0.25) is 0 Å². The molecule has 4 nitrogen and oxygen atoms in total. The average Bonchev–Trinajstić information content (AvgIpc) is 3.15. The lowest BCUT2D eigenvalue weighted by molar-refractivity contribution is 0.743. The molecule has 0 fully saturated rings. The Kier molecular flexibility index (Phi) is 3.66. The lowest BCUT2D eigenvalue weighted by atomic mass is 10.3. The van der Waals surface area contributed by atoms with Gasteiger partial charge in [0.15, 0.2) is 0 Å². The second-order valence-corrected chi connectivity index (χ2v) is 4.52. The molecule has 0 aliphatic rings. The lowest BCUT2D eigenvalue weighted by Crippen LogP contribution is -1.96. The minimum atomic E-state index is 0.535. The van der Waals surface area contributed by atoms with Crippen LogP contribution >= 0.6 is 0 Å². The van der Waals surface area contributed by atoms with Crippen molar-refractivity contribution in [3.63, 3.8) is 0 Å². The maximum absolute atomic E-state index is 5.20. The Morgan fingerprint density at radius 3 is 2.57 bits per heavy atom. The van der Waals surface area contributed by atoms with E-state index >= 15 is 0 Å². The first-order chi connectivity index (χ1) is 10.4. The summed E-state index contributed by atoms with van der Waals surface area (Å²) in [7, 11) is 0. The Bertz CT molecular complexity index is 865. The van der Waals surface area contributed by atoms with Crippen molar-refractivity contribution in [2.75, 3.05) is 0 Å². The van der Waals surface area contributed by atoms with Gasteiger partial charge in [0.25, 0.3) is 0 Å². The molecule has 0 radical (unpaired) electrons. The number of rotatable bonds is 1. The number of terminal acetylenes is 1. The predicted molar refractivity (Wildman–Crippen MR) is 84.7 cm³/mol. The molecule has 0 saturated heterocycles. The maximum atomic E-state index is 5.20. The number of aromatic amines is 1. The van der Waals surface area contributed by atoms with Crippen LogP contribution in [-0.2, 0) is 6.54 Å². The Morgan fingerprint density at radius 1 is 1.00 bits per heavy atom. The summed E-state index contributed by atoms with van der Waals surface area (Å²) in [5, 5.41) is 13.2. The van der Waals surface area contributed by atoms with Crippen molar-refractivity contribution in [3.8, 4) is 12.3 Å². The summed E-state index contributed by atoms with van der Waals surface area (Å²) in [4.78, 5) is 0. The van der Waals surface area contributed by atoms with Crippen LogP contribution in [0.4, 0.5) is 0 Å². The first kappa shape index (κ1) is 12.9. The fourth-order valence-electron chi connectivity index (χ4n) is 2.12. The van der Waals surface area contributed by atoms with Crippen molar-refractivity contribution < 1.29 is 0 Å². The molecule has 21 heavy (non-hydrogen) atoms. The first-order valence-corrected chi connectivity index (χ1v) is 6.60. The number of nitrogens with one attached hydrogen (secondary N) is 1. The summed E-state index contributed by atoms with van der Waals surface area (Å²) in [6.45, 7) is 0.535. The molecule has 2 aromatic heterocycles. The quantitative estimate of drug-likeness (QED) is 0.542. The van der Waals surface area contributed by atoms with Gasteiger partial charge in [-0.2, -0.15) is 10.2 Å². The second kappa shape index (κ2) is 5.93. The van der Waals surface area contributed by atoms with Gasteiger partial charge >= 0.3 is 0 Å². The third kappa shape index (κ3) is 2.77. The molecular weight excluding hydrogens is 260 g/mol. The zero-order valence-corrected chi connectivity index (χ0v) is 11.4. The van der Waals surface area contributed by atoms with Gasteiger partial charge in [0.05, 0.1) is 23.4 Å². The molecule has 0 aliphatic carbocycles. The highest BCUT2D eigenvalue weighted by Crippen LogP contribution is 2.11. The highest BCUT2D eigenvalue weighted by Gasteiger charge is 1.97. The number of H-pyrrole nitrogens is 1. The zero-order valence-electron chi connectivity index (χ0n) is 11.4. The molecule has 0 spiro atoms. The lowest BCUT2D eigenvalue weighted by Gasteiger charge is -1.95. The van der Waals surface area contributed by atoms with Crippen LogP contribution in [0, 0.1) is 12.3 Å². The number of para-hydroxylation sites is 2. The monoisotopic (exact) mass is 274 g/mol. The highest BCUT2D eigenvalue weighted by molar-refractivity contribution is 5.78. The van der Waals surface area contributed by atoms with Crippen LogP contribution in [0.15, 0.2) is 60.9 Å². The van der Waals surface area contributed by atoms with E-state index in [1.165, 1.54) is 0 Å². The third-order valence-corrected chi connectivity index (χ3v) is 3.14. The van der Waals surface area contributed by atoms with Crippen molar-refractivity contribution in [2.24, 2.45) is 0 Å². The van der Waals surface area contributed by atoms with Crippen LogP contribution in [0.5, 0.6) is 0 Å². The Morgan fingerprint density at radius 2 is 1.76 bits per heavy atom. The maximum Gasteiger partial charge on any atom is 0.102 e. The van der Waals surface area contributed by atoms with Crippen molar-refractivity contribution in [1.29, 1.82) is 0 Å². The molecule has 0 amide bonds. The van der Waals surface area contributed by atoms with E-state index in [1.807, 2.05) is 65.6 Å². The molecule has 0 aliphatic heterocycles. The smallest absolute Gasteiger partial charge is 0.102 e. The average molecular weight is 274 g/mol. The minimum Gasteiger partial charge on any atom is -0.278 e. The largest absolute Gasteiger partial charge is 0.278 e. The normalized spacial score (nSPS) is 10.0. The standard InChI is InChI=1S/C10H8N2.C7H6N2/c1-2-7-12-10-6-4-3-5-9(10)8-11-12;1-2-4-7-6(3-1)5-8-9-7/h1,3-6,8H,7H2;1-5H,(H,8,9). The zero-order chi connectivity index (χ0) is 14.5. The van der Waals surface area contributed by atoms with E-state index in [1.54, 1.807) is 0 Å². The fourth-order valence-corrected chi connectivity index (χ4v) is 2.12. The van der Waals surface area contributed by atoms with Gasteiger partial charge in [-0.1, -0.05) is 42.3 Å². The van der Waals surface area contributed by atoms with E-state index in [4.69, 9.17) is 6.42 Å². The van der Waals surface area contributed by atoms with Gasteiger partial charge in [0, 0.05) is 10.8 Å². The van der Waals surface area contributed by atoms with Crippen LogP contribution in [-0.4, -0.2) is 20.0 Å². The molecule has 1 N–H and O–H groups in total. The number of hydrogen-bond acceptors (Lipinski definition) is 2. The Labute approximate surface area is 122 Å². The van der Waals surface area contributed by atoms with Crippen LogP contribution in [0.25, 0.3) is 21.8 Å². The molecular formula is C17H14N4. The van der Waals surface area contributed by atoms with Gasteiger partial charge in [-0.15, -0.1) is 6.42 Å². The Hall–Kier alpha value is -3.06. The van der Waals surface area contributed by atoms with Crippen molar-refractivity contribution in [2.45, 2.75) is 6.54 Å². The van der Waals surface area contributed by atoms with E-state index < -0.39 is 0 Å². The third-order valence-electron chi connectivity index (χ3n) is 3.14. The van der Waals surface area contributed by atoms with E-state index in [0.29, 0.717) is 6.54 Å². The summed E-state index contributed by atoms with van der Waals surface area (Å²) >= 11 is 0. The molecule has 4 heteroatoms. The molecule has 4 rings (SSSR count). The number of hydrogen-bond donors (Lipinski definition) is 1. The molecule has 102 valence electrons. The second-order valence-electron chi connectivity index (χ2n) is 4.52. The summed E-state index contributed by atoms with van der Waals surface area (Å²) in [5.74, 6) is 2.56. The minimum absolute atomic E-state index is 0.535. The van der Waals surface area contributed by atoms with Crippen molar-refractivity contribution in [1.82, 2.24) is 20.0 Å². The predicted octanol–water partition coefficient (Wildman–Crippen LogP) is 3.23. The summed E-state index contributed by atoms with van der Waals surface area (Å²) < 4.78 is 1.81. The highest BCUT2D eigenvalue weighted by atomic mass is 15.3. The Balaban J connectivity index is 0.000000131. The van der Waals surface area contributed by atoms with E-state index in [0.717, 1.165) is 21.8 Å². The molecule has 2 heterocycles. The molecule has 0 bridgehead atoms. The van der Waals surface area contributed by atoms with Gasteiger partial charge in [-0.05, 0) is 12.1 Å². The van der Waals surface area contributed by atoms with E-state index in [9.17, 15) is 0 Å². The van der Waals surface area contributed by atoms with Gasteiger partial charge < -0.3 is 0 Å². The molecule has 4 aromatic rings. The van der Waals surface area contributed by atoms with Gasteiger partial charge in [0.2, 0.25) is 0 Å². The summed E-state index contributed by atoms with van der Waals surface area (Å²) in [5.41, 5.74) is 2.19. The molecule has 0 atom stereocenters. The SMILES string of the molecule is C#CCn1ncc2ccccc21.c1ccc2[nH]ncc2c1. The van der Waals surface area contributed by atoms with Crippen LogP contribution < -0.4 is 0 Å². The fraction of sp³-hybridized carbons (Fsp3) is 0.0588. The van der Waals surface area contributed by atoms with E-state index in [2.05, 4.69) is 21.2 Å². The molecule has 2 aromatic carbocycles. The molecule has 0 unspecified atom stereocenters. The topological polar surface area (TPSA) is 46.5 Å². The van der Waals surface area contributed by atoms with Crippen molar-refractivity contribution >= 4 is 21.8 Å². The number of aromatic nitrogens is 4. The summed E-state index contributed by atoms with van der Waals surface area (Å²) in [6.07, 6.45) is 8.84. The number of nitrogens with zero attached hydrogens (tertiary/aromatic N) is 3. The van der Waals surface area contributed by atoms with Crippen LogP contribution in [0.1, 0.15) is 0 Å². The van der Waals surface area contributed by atoms with Crippen molar-refractivity contribution in [3.05, 3.63) is 60.9 Å². The van der Waals surface area contributed by atoms with E-state index in [-0.39, 0.29) is 0 Å². The first-order valence-electron chi connectivity index (χ1n) is 6.60. The number of fused-ring (bicyclic) bond motifs is 2.